The van der Waals surface area contributed by atoms with Gasteiger partial charge in [0.15, 0.2) is 11.5 Å². The molecule has 5 nitrogen and oxygen atoms in total. The van der Waals surface area contributed by atoms with Crippen molar-refractivity contribution >= 4 is 23.2 Å². The van der Waals surface area contributed by atoms with E-state index in [9.17, 15) is 4.39 Å². The highest BCUT2D eigenvalue weighted by Crippen LogP contribution is 2.35. The molecule has 0 spiro atoms. The minimum absolute atomic E-state index is 0.272. The van der Waals surface area contributed by atoms with Crippen molar-refractivity contribution in [1.29, 1.82) is 0 Å². The summed E-state index contributed by atoms with van der Waals surface area (Å²) in [5, 5.41) is 4.30. The van der Waals surface area contributed by atoms with Crippen molar-refractivity contribution in [3.63, 3.8) is 0 Å². The predicted octanol–water partition coefficient (Wildman–Crippen LogP) is 2.37. The van der Waals surface area contributed by atoms with Crippen molar-refractivity contribution in [1.82, 2.24) is 14.6 Å². The maximum atomic E-state index is 13.0. The topological polar surface area (TPSA) is 82.2 Å². The first kappa shape index (κ1) is 13.8. The average Bonchev–Trinajstić information content (AvgIpc) is 2.77. The molecule has 4 N–H and O–H groups in total. The summed E-state index contributed by atoms with van der Waals surface area (Å²) in [4.78, 5) is 6.11. The van der Waals surface area contributed by atoms with Gasteiger partial charge in [-0.1, -0.05) is 11.8 Å². The zero-order chi connectivity index (χ0) is 15.0. The van der Waals surface area contributed by atoms with E-state index < -0.39 is 0 Å². The van der Waals surface area contributed by atoms with Gasteiger partial charge >= 0.3 is 0 Å². The smallest absolute Gasteiger partial charge is 0.171 e. The number of nitrogens with two attached hydrogens (primary N) is 2. The predicted molar refractivity (Wildman–Crippen MR) is 80.6 cm³/mol. The van der Waals surface area contributed by atoms with E-state index in [1.807, 2.05) is 13.0 Å². The first-order valence-electron chi connectivity index (χ1n) is 6.36. The molecule has 108 valence electrons. The van der Waals surface area contributed by atoms with E-state index in [-0.39, 0.29) is 5.82 Å². The molecule has 21 heavy (non-hydrogen) atoms. The Kier molecular flexibility index (Phi) is 3.52. The zero-order valence-corrected chi connectivity index (χ0v) is 12.2. The molecule has 0 saturated carbocycles. The van der Waals surface area contributed by atoms with Crippen LogP contribution in [0.5, 0.6) is 0 Å². The molecular formula is C14H14FN5S. The molecule has 0 unspecified atom stereocenters. The number of aromatic nitrogens is 3. The summed E-state index contributed by atoms with van der Waals surface area (Å²) in [5.74, 6) is 0.115. The first-order valence-corrected chi connectivity index (χ1v) is 7.18. The zero-order valence-electron chi connectivity index (χ0n) is 11.4. The molecule has 0 radical (unpaired) electrons. The Morgan fingerprint density at radius 3 is 2.67 bits per heavy atom. The Balaban J connectivity index is 2.11. The number of nitrogen functional groups attached to an aromatic ring is 1. The van der Waals surface area contributed by atoms with E-state index in [1.54, 1.807) is 16.6 Å². The number of aryl methyl sites for hydroxylation is 1. The summed E-state index contributed by atoms with van der Waals surface area (Å²) in [6, 6.07) is 8.10. The first-order chi connectivity index (χ1) is 10.1. The number of anilines is 1. The third-order valence-electron chi connectivity index (χ3n) is 3.02. The molecule has 0 saturated heterocycles. The van der Waals surface area contributed by atoms with Crippen LogP contribution < -0.4 is 11.5 Å². The molecule has 0 aliphatic carbocycles. The monoisotopic (exact) mass is 303 g/mol. The normalized spacial score (nSPS) is 11.2. The number of hydrogen-bond acceptors (Lipinski definition) is 5. The lowest BCUT2D eigenvalue weighted by molar-refractivity contribution is 0.626. The highest BCUT2D eigenvalue weighted by atomic mass is 32.2. The van der Waals surface area contributed by atoms with Gasteiger partial charge in [-0.25, -0.2) is 13.9 Å². The lowest BCUT2D eigenvalue weighted by Gasteiger charge is -2.04. The Morgan fingerprint density at radius 1 is 1.29 bits per heavy atom. The van der Waals surface area contributed by atoms with Gasteiger partial charge in [-0.3, -0.25) is 0 Å². The van der Waals surface area contributed by atoms with Crippen LogP contribution in [0, 0.1) is 12.7 Å². The van der Waals surface area contributed by atoms with Crippen molar-refractivity contribution in [2.45, 2.75) is 23.3 Å². The Hall–Kier alpha value is -2.12. The van der Waals surface area contributed by atoms with Crippen molar-refractivity contribution in [3.05, 3.63) is 47.5 Å². The fourth-order valence-electron chi connectivity index (χ4n) is 2.08. The lowest BCUT2D eigenvalue weighted by atomic mass is 10.3. The fraction of sp³-hybridized carbons (Fsp3) is 0.143. The Bertz CT molecular complexity index is 797. The van der Waals surface area contributed by atoms with E-state index in [0.29, 0.717) is 18.0 Å². The van der Waals surface area contributed by atoms with Crippen LogP contribution in [0.2, 0.25) is 0 Å². The van der Waals surface area contributed by atoms with Crippen molar-refractivity contribution < 1.29 is 4.39 Å². The SMILES string of the molecule is Cc1cc(CN)n2nc(N)c(Sc3ccc(F)cc3)c2n1. The molecule has 0 fully saturated rings. The molecular weight excluding hydrogens is 289 g/mol. The third-order valence-corrected chi connectivity index (χ3v) is 4.12. The molecule has 2 heterocycles. The van der Waals surface area contributed by atoms with Gasteiger partial charge in [-0.05, 0) is 37.3 Å². The van der Waals surface area contributed by atoms with Crippen LogP contribution in [0.1, 0.15) is 11.4 Å². The van der Waals surface area contributed by atoms with Gasteiger partial charge < -0.3 is 11.5 Å². The number of fused-ring (bicyclic) bond motifs is 1. The Labute approximate surface area is 125 Å². The van der Waals surface area contributed by atoms with Crippen LogP contribution >= 0.6 is 11.8 Å². The number of halogens is 1. The van der Waals surface area contributed by atoms with Gasteiger partial charge in [0.25, 0.3) is 0 Å². The summed E-state index contributed by atoms with van der Waals surface area (Å²) >= 11 is 1.41. The highest BCUT2D eigenvalue weighted by molar-refractivity contribution is 7.99. The van der Waals surface area contributed by atoms with Crippen LogP contribution in [-0.4, -0.2) is 14.6 Å². The number of nitrogens with zero attached hydrogens (tertiary/aromatic N) is 3. The fourth-order valence-corrected chi connectivity index (χ4v) is 2.95. The highest BCUT2D eigenvalue weighted by Gasteiger charge is 2.15. The van der Waals surface area contributed by atoms with Gasteiger partial charge in [-0.15, -0.1) is 5.10 Å². The van der Waals surface area contributed by atoms with E-state index in [0.717, 1.165) is 21.2 Å². The second-order valence-electron chi connectivity index (χ2n) is 4.60. The van der Waals surface area contributed by atoms with Crippen molar-refractivity contribution in [2.24, 2.45) is 5.73 Å². The third kappa shape index (κ3) is 2.57. The van der Waals surface area contributed by atoms with E-state index in [4.69, 9.17) is 11.5 Å². The van der Waals surface area contributed by atoms with E-state index in [2.05, 4.69) is 10.1 Å². The number of hydrogen-bond donors (Lipinski definition) is 2. The molecule has 3 rings (SSSR count). The molecule has 3 aromatic rings. The molecule has 0 aliphatic rings. The summed E-state index contributed by atoms with van der Waals surface area (Å²) in [6.07, 6.45) is 0. The van der Waals surface area contributed by atoms with Crippen LogP contribution in [0.25, 0.3) is 5.65 Å². The summed E-state index contributed by atoms with van der Waals surface area (Å²) in [5.41, 5.74) is 14.1. The van der Waals surface area contributed by atoms with Crippen LogP contribution in [0.15, 0.2) is 40.1 Å². The second kappa shape index (κ2) is 5.34. The second-order valence-corrected chi connectivity index (χ2v) is 5.68. The maximum absolute atomic E-state index is 13.0. The van der Waals surface area contributed by atoms with Crippen LogP contribution in [0.4, 0.5) is 10.2 Å². The molecule has 0 aliphatic heterocycles. The molecule has 0 atom stereocenters. The molecule has 0 bridgehead atoms. The van der Waals surface area contributed by atoms with Crippen molar-refractivity contribution in [3.8, 4) is 0 Å². The van der Waals surface area contributed by atoms with Gasteiger partial charge in [-0.2, -0.15) is 0 Å². The van der Waals surface area contributed by atoms with E-state index >= 15 is 0 Å². The molecule has 0 amide bonds. The summed E-state index contributed by atoms with van der Waals surface area (Å²) in [7, 11) is 0. The number of rotatable bonds is 3. The lowest BCUT2D eigenvalue weighted by Crippen LogP contribution is -2.07. The van der Waals surface area contributed by atoms with Gasteiger partial charge in [0, 0.05) is 17.1 Å². The largest absolute Gasteiger partial charge is 0.381 e. The van der Waals surface area contributed by atoms with E-state index in [1.165, 1.54) is 23.9 Å². The number of benzene rings is 1. The van der Waals surface area contributed by atoms with Gasteiger partial charge in [0.1, 0.15) is 10.7 Å². The summed E-state index contributed by atoms with van der Waals surface area (Å²) in [6.45, 7) is 2.25. The van der Waals surface area contributed by atoms with Gasteiger partial charge in [0.2, 0.25) is 0 Å². The van der Waals surface area contributed by atoms with Crippen LogP contribution in [0.3, 0.4) is 0 Å². The molecule has 7 heteroatoms. The minimum Gasteiger partial charge on any atom is -0.381 e. The summed E-state index contributed by atoms with van der Waals surface area (Å²) < 4.78 is 14.6. The quantitative estimate of drug-likeness (QED) is 0.776. The van der Waals surface area contributed by atoms with Crippen molar-refractivity contribution in [2.75, 3.05) is 5.73 Å². The van der Waals surface area contributed by atoms with Crippen LogP contribution in [-0.2, 0) is 6.54 Å². The molecule has 2 aromatic heterocycles. The Morgan fingerprint density at radius 2 is 2.00 bits per heavy atom. The molecule has 1 aromatic carbocycles. The average molecular weight is 303 g/mol. The van der Waals surface area contributed by atoms with Gasteiger partial charge in [0.05, 0.1) is 5.69 Å². The maximum Gasteiger partial charge on any atom is 0.171 e. The minimum atomic E-state index is -0.272. The standard InChI is InChI=1S/C14H14FN5S/c1-8-6-10(7-16)20-14(18-8)12(13(17)19-20)21-11-4-2-9(15)3-5-11/h2-6H,7,16H2,1H3,(H2,17,19).